The lowest BCUT2D eigenvalue weighted by molar-refractivity contribution is -0.277. The Kier molecular flexibility index (Phi) is 6.24. The van der Waals surface area contributed by atoms with E-state index in [0.29, 0.717) is 11.3 Å². The van der Waals surface area contributed by atoms with Crippen molar-refractivity contribution in [2.75, 3.05) is 13.7 Å². The predicted molar refractivity (Wildman–Crippen MR) is 115 cm³/mol. The number of fused-ring (bicyclic) bond motifs is 1. The maximum atomic E-state index is 12.1. The van der Waals surface area contributed by atoms with Gasteiger partial charge in [-0.3, -0.25) is 4.79 Å². The van der Waals surface area contributed by atoms with E-state index in [1.165, 1.54) is 0 Å². The van der Waals surface area contributed by atoms with Gasteiger partial charge in [-0.2, -0.15) is 0 Å². The summed E-state index contributed by atoms with van der Waals surface area (Å²) in [5, 5.41) is 42.7. The predicted octanol–water partition coefficient (Wildman–Crippen LogP) is 1.11. The van der Waals surface area contributed by atoms with Crippen molar-refractivity contribution in [2.24, 2.45) is 0 Å². The number of hydrogen-bond acceptors (Lipinski definition) is 8. The first kappa shape index (κ1) is 21.7. The van der Waals surface area contributed by atoms with Gasteiger partial charge < -0.3 is 35.2 Å². The summed E-state index contributed by atoms with van der Waals surface area (Å²) < 4.78 is 12.0. The molecule has 1 amide bonds. The van der Waals surface area contributed by atoms with Gasteiger partial charge in [0.2, 0.25) is 6.29 Å². The quantitative estimate of drug-likeness (QED) is 0.398. The fraction of sp³-hybridized carbons (Fsp3) is 0.318. The molecule has 2 heterocycles. The number of aliphatic hydroxyl groups excluding tert-OH is 4. The van der Waals surface area contributed by atoms with Crippen molar-refractivity contribution in [3.8, 4) is 16.2 Å². The SMILES string of the molecule is CNC(=O)c1cccc2sc(-c3ccc(OC4OC(CO)C(O)C(O)C4O)cc3)cc12. The van der Waals surface area contributed by atoms with Crippen molar-refractivity contribution in [3.63, 3.8) is 0 Å². The monoisotopic (exact) mass is 445 g/mol. The molecule has 5 N–H and O–H groups in total. The second kappa shape index (κ2) is 8.91. The number of ether oxygens (including phenoxy) is 2. The Bertz CT molecular complexity index is 1070. The van der Waals surface area contributed by atoms with E-state index in [-0.39, 0.29) is 5.91 Å². The van der Waals surface area contributed by atoms with E-state index in [1.807, 2.05) is 30.3 Å². The van der Waals surface area contributed by atoms with E-state index >= 15 is 0 Å². The molecule has 0 radical (unpaired) electrons. The minimum absolute atomic E-state index is 0.141. The summed E-state index contributed by atoms with van der Waals surface area (Å²) in [5.74, 6) is 0.249. The molecule has 31 heavy (non-hydrogen) atoms. The normalized spacial score (nSPS) is 26.0. The fourth-order valence-electron chi connectivity index (χ4n) is 3.53. The topological polar surface area (TPSA) is 128 Å². The van der Waals surface area contributed by atoms with E-state index in [1.54, 1.807) is 36.6 Å². The Morgan fingerprint density at radius 3 is 2.52 bits per heavy atom. The van der Waals surface area contributed by atoms with Gasteiger partial charge in [-0.1, -0.05) is 6.07 Å². The van der Waals surface area contributed by atoms with Crippen LogP contribution in [-0.2, 0) is 4.74 Å². The summed E-state index contributed by atoms with van der Waals surface area (Å²) in [4.78, 5) is 13.1. The van der Waals surface area contributed by atoms with Crippen LogP contribution in [0, 0.1) is 0 Å². The largest absolute Gasteiger partial charge is 0.462 e. The second-order valence-corrected chi connectivity index (χ2v) is 8.33. The van der Waals surface area contributed by atoms with Crippen LogP contribution in [0.4, 0.5) is 0 Å². The molecular formula is C22H23NO7S. The smallest absolute Gasteiger partial charge is 0.251 e. The van der Waals surface area contributed by atoms with Gasteiger partial charge in [-0.25, -0.2) is 0 Å². The van der Waals surface area contributed by atoms with Crippen LogP contribution in [-0.4, -0.2) is 70.7 Å². The molecule has 4 rings (SSSR count). The number of rotatable bonds is 5. The maximum absolute atomic E-state index is 12.1. The lowest BCUT2D eigenvalue weighted by Gasteiger charge is -2.39. The third kappa shape index (κ3) is 4.16. The molecule has 1 aliphatic heterocycles. The fourth-order valence-corrected chi connectivity index (χ4v) is 4.63. The summed E-state index contributed by atoms with van der Waals surface area (Å²) in [6.45, 7) is -0.520. The summed E-state index contributed by atoms with van der Waals surface area (Å²) in [6, 6.07) is 14.6. The zero-order valence-corrected chi connectivity index (χ0v) is 17.5. The maximum Gasteiger partial charge on any atom is 0.251 e. The summed E-state index contributed by atoms with van der Waals surface area (Å²) in [6.07, 6.45) is -6.67. The van der Waals surface area contributed by atoms with Crippen LogP contribution < -0.4 is 10.1 Å². The molecule has 0 saturated carbocycles. The molecule has 164 valence electrons. The minimum atomic E-state index is -1.50. The first-order chi connectivity index (χ1) is 14.9. The number of thiophene rings is 1. The number of carbonyl (C=O) groups excluding carboxylic acids is 1. The number of aliphatic hydroxyl groups is 4. The summed E-state index contributed by atoms with van der Waals surface area (Å²) in [5.41, 5.74) is 1.54. The highest BCUT2D eigenvalue weighted by Gasteiger charge is 2.44. The van der Waals surface area contributed by atoms with Gasteiger partial charge >= 0.3 is 0 Å². The van der Waals surface area contributed by atoms with Crippen LogP contribution in [0.3, 0.4) is 0 Å². The first-order valence-corrected chi connectivity index (χ1v) is 10.6. The molecular weight excluding hydrogens is 422 g/mol. The Labute approximate surface area is 182 Å². The van der Waals surface area contributed by atoms with Crippen molar-refractivity contribution in [2.45, 2.75) is 30.7 Å². The number of nitrogens with one attached hydrogen (secondary N) is 1. The van der Waals surface area contributed by atoms with Crippen molar-refractivity contribution in [3.05, 3.63) is 54.1 Å². The third-order valence-electron chi connectivity index (χ3n) is 5.27. The molecule has 1 aliphatic rings. The minimum Gasteiger partial charge on any atom is -0.462 e. The molecule has 1 fully saturated rings. The van der Waals surface area contributed by atoms with Crippen molar-refractivity contribution in [1.82, 2.24) is 5.32 Å². The van der Waals surface area contributed by atoms with E-state index in [2.05, 4.69) is 5.32 Å². The molecule has 0 spiro atoms. The van der Waals surface area contributed by atoms with Crippen LogP contribution in [0.15, 0.2) is 48.5 Å². The van der Waals surface area contributed by atoms with Crippen LogP contribution in [0.25, 0.3) is 20.5 Å². The van der Waals surface area contributed by atoms with Crippen molar-refractivity contribution < 1.29 is 34.7 Å². The van der Waals surface area contributed by atoms with Gasteiger partial charge in [0.05, 0.1) is 6.61 Å². The van der Waals surface area contributed by atoms with Crippen LogP contribution in [0.1, 0.15) is 10.4 Å². The molecule has 3 aromatic rings. The number of hydrogen-bond donors (Lipinski definition) is 5. The Morgan fingerprint density at radius 2 is 1.84 bits per heavy atom. The van der Waals surface area contributed by atoms with E-state index in [4.69, 9.17) is 9.47 Å². The van der Waals surface area contributed by atoms with Crippen LogP contribution in [0.2, 0.25) is 0 Å². The number of benzene rings is 2. The standard InChI is InChI=1S/C22H23NO7S/c1-23-21(28)13-3-2-4-16-14(13)9-17(31-16)11-5-7-12(8-6-11)29-22-20(27)19(26)18(25)15(10-24)30-22/h2-9,15,18-20,22,24-27H,10H2,1H3,(H,23,28). The summed E-state index contributed by atoms with van der Waals surface area (Å²) >= 11 is 1.56. The Morgan fingerprint density at radius 1 is 1.10 bits per heavy atom. The number of carbonyl (C=O) groups is 1. The van der Waals surface area contributed by atoms with Crippen molar-refractivity contribution >= 4 is 27.3 Å². The zero-order valence-electron chi connectivity index (χ0n) is 16.6. The molecule has 8 nitrogen and oxygen atoms in total. The highest BCUT2D eigenvalue weighted by atomic mass is 32.1. The summed E-state index contributed by atoms with van der Waals surface area (Å²) in [7, 11) is 1.60. The van der Waals surface area contributed by atoms with Gasteiger partial charge in [0.1, 0.15) is 30.2 Å². The highest BCUT2D eigenvalue weighted by Crippen LogP contribution is 2.36. The molecule has 2 aromatic carbocycles. The second-order valence-electron chi connectivity index (χ2n) is 7.25. The average Bonchev–Trinajstić information content (AvgIpc) is 3.23. The third-order valence-corrected chi connectivity index (χ3v) is 6.42. The van der Waals surface area contributed by atoms with Gasteiger partial charge in [0.15, 0.2) is 0 Å². The molecule has 1 aromatic heterocycles. The van der Waals surface area contributed by atoms with E-state index < -0.39 is 37.3 Å². The van der Waals surface area contributed by atoms with Crippen LogP contribution >= 0.6 is 11.3 Å². The van der Waals surface area contributed by atoms with Crippen molar-refractivity contribution in [1.29, 1.82) is 0 Å². The molecule has 9 heteroatoms. The molecule has 0 bridgehead atoms. The van der Waals surface area contributed by atoms with Gasteiger partial charge in [-0.05, 0) is 48.0 Å². The van der Waals surface area contributed by atoms with Crippen LogP contribution in [0.5, 0.6) is 5.75 Å². The van der Waals surface area contributed by atoms with Gasteiger partial charge in [-0.15, -0.1) is 11.3 Å². The number of amides is 1. The zero-order chi connectivity index (χ0) is 22.1. The molecule has 1 saturated heterocycles. The average molecular weight is 445 g/mol. The van der Waals surface area contributed by atoms with Gasteiger partial charge in [0, 0.05) is 27.6 Å². The van der Waals surface area contributed by atoms with E-state index in [9.17, 15) is 25.2 Å². The Hall–Kier alpha value is -2.53. The lowest BCUT2D eigenvalue weighted by Crippen LogP contribution is -2.60. The Balaban J connectivity index is 1.54. The molecule has 0 aliphatic carbocycles. The van der Waals surface area contributed by atoms with Gasteiger partial charge in [0.25, 0.3) is 5.91 Å². The highest BCUT2D eigenvalue weighted by molar-refractivity contribution is 7.22. The van der Waals surface area contributed by atoms with E-state index in [0.717, 1.165) is 20.5 Å². The lowest BCUT2D eigenvalue weighted by atomic mass is 9.99. The first-order valence-electron chi connectivity index (χ1n) is 9.75. The molecule has 5 unspecified atom stereocenters. The molecule has 5 atom stereocenters.